The van der Waals surface area contributed by atoms with E-state index in [9.17, 15) is 18.0 Å². The van der Waals surface area contributed by atoms with Crippen molar-refractivity contribution in [3.63, 3.8) is 0 Å². The molecule has 10 heteroatoms. The molecule has 1 aliphatic rings. The first kappa shape index (κ1) is 17.7. The van der Waals surface area contributed by atoms with Crippen LogP contribution in [0.1, 0.15) is 10.4 Å². The Bertz CT molecular complexity index is 955. The molecule has 0 bridgehead atoms. The molecule has 0 radical (unpaired) electrons. The Kier molecular flexibility index (Phi) is 4.78. The van der Waals surface area contributed by atoms with Crippen molar-refractivity contribution >= 4 is 21.9 Å². The van der Waals surface area contributed by atoms with Crippen molar-refractivity contribution in [2.75, 3.05) is 13.3 Å². The maximum Gasteiger partial charge on any atom is 0.343 e. The molecule has 3 N–H and O–H groups in total. The highest BCUT2D eigenvalue weighted by Crippen LogP contribution is 2.35. The first-order chi connectivity index (χ1) is 12.3. The zero-order valence-electron chi connectivity index (χ0n) is 13.3. The molecule has 136 valence electrons. The van der Waals surface area contributed by atoms with Gasteiger partial charge in [0.05, 0.1) is 17.0 Å². The number of hydrogen-bond donors (Lipinski definition) is 2. The van der Waals surface area contributed by atoms with E-state index in [0.717, 1.165) is 0 Å². The minimum atomic E-state index is -3.90. The number of esters is 1. The van der Waals surface area contributed by atoms with Gasteiger partial charge in [-0.2, -0.15) is 0 Å². The summed E-state index contributed by atoms with van der Waals surface area (Å²) in [5, 5.41) is 0. The molecule has 0 spiro atoms. The summed E-state index contributed by atoms with van der Waals surface area (Å²) in [5.41, 5.74) is 5.05. The standard InChI is InChI=1S/C16H14N2O7S/c17-15(19)8-18-26(21,22)12-4-1-10(2-5-12)16(20)25-11-3-6-13-14(7-11)24-9-23-13/h1-7,18H,8-9H2,(H2,17,19). The largest absolute Gasteiger partial charge is 0.454 e. The number of ether oxygens (including phenoxy) is 3. The predicted octanol–water partition coefficient (Wildman–Crippen LogP) is 0.398. The number of amides is 1. The maximum atomic E-state index is 12.2. The van der Waals surface area contributed by atoms with Crippen molar-refractivity contribution < 1.29 is 32.2 Å². The molecule has 0 saturated carbocycles. The smallest absolute Gasteiger partial charge is 0.343 e. The summed E-state index contributed by atoms with van der Waals surface area (Å²) < 4.78 is 41.6. The van der Waals surface area contributed by atoms with Crippen LogP contribution in [0.2, 0.25) is 0 Å². The van der Waals surface area contributed by atoms with Crippen LogP contribution in [0.4, 0.5) is 0 Å². The molecule has 0 aromatic heterocycles. The number of nitrogens with one attached hydrogen (secondary N) is 1. The van der Waals surface area contributed by atoms with Crippen molar-refractivity contribution in [3.05, 3.63) is 48.0 Å². The van der Waals surface area contributed by atoms with Gasteiger partial charge >= 0.3 is 5.97 Å². The minimum absolute atomic E-state index is 0.104. The molecule has 1 amide bonds. The normalized spacial score (nSPS) is 12.6. The predicted molar refractivity (Wildman–Crippen MR) is 88.3 cm³/mol. The lowest BCUT2D eigenvalue weighted by Crippen LogP contribution is -2.33. The molecule has 0 saturated heterocycles. The Morgan fingerprint density at radius 3 is 2.46 bits per heavy atom. The highest BCUT2D eigenvalue weighted by atomic mass is 32.2. The molecule has 3 rings (SSSR count). The zero-order chi connectivity index (χ0) is 18.7. The number of carbonyl (C=O) groups excluding carboxylic acids is 2. The van der Waals surface area contributed by atoms with Crippen LogP contribution in [0.15, 0.2) is 47.4 Å². The average molecular weight is 378 g/mol. The van der Waals surface area contributed by atoms with Crippen LogP contribution in [0.5, 0.6) is 17.2 Å². The molecule has 0 unspecified atom stereocenters. The number of fused-ring (bicyclic) bond motifs is 1. The Morgan fingerprint density at radius 2 is 1.77 bits per heavy atom. The van der Waals surface area contributed by atoms with E-state index in [0.29, 0.717) is 11.5 Å². The van der Waals surface area contributed by atoms with Gasteiger partial charge in [-0.3, -0.25) is 4.79 Å². The third kappa shape index (κ3) is 3.92. The van der Waals surface area contributed by atoms with Crippen molar-refractivity contribution in [1.29, 1.82) is 0 Å². The maximum absolute atomic E-state index is 12.2. The van der Waals surface area contributed by atoms with E-state index in [2.05, 4.69) is 0 Å². The third-order valence-corrected chi connectivity index (χ3v) is 4.81. The average Bonchev–Trinajstić information content (AvgIpc) is 3.08. The second kappa shape index (κ2) is 7.02. The Hall–Kier alpha value is -3.11. The third-order valence-electron chi connectivity index (χ3n) is 3.39. The molecular formula is C16H14N2O7S. The lowest BCUT2D eigenvalue weighted by molar-refractivity contribution is -0.116. The van der Waals surface area contributed by atoms with Gasteiger partial charge in [-0.15, -0.1) is 0 Å². The summed E-state index contributed by atoms with van der Waals surface area (Å²) in [6.45, 7) is -0.414. The molecule has 2 aromatic carbocycles. The molecule has 2 aromatic rings. The van der Waals surface area contributed by atoms with Gasteiger partial charge in [0.2, 0.25) is 22.7 Å². The second-order valence-corrected chi connectivity index (χ2v) is 6.99. The van der Waals surface area contributed by atoms with Crippen molar-refractivity contribution in [3.8, 4) is 17.2 Å². The van der Waals surface area contributed by atoms with Gasteiger partial charge in [0.15, 0.2) is 11.5 Å². The van der Waals surface area contributed by atoms with E-state index in [1.165, 1.54) is 30.3 Å². The van der Waals surface area contributed by atoms with E-state index in [1.807, 2.05) is 4.72 Å². The van der Waals surface area contributed by atoms with E-state index in [1.54, 1.807) is 12.1 Å². The molecule has 0 atom stereocenters. The number of primary amides is 1. The molecule has 26 heavy (non-hydrogen) atoms. The number of benzene rings is 2. The Balaban J connectivity index is 1.70. The molecular weight excluding hydrogens is 364 g/mol. The van der Waals surface area contributed by atoms with E-state index < -0.39 is 28.4 Å². The fraction of sp³-hybridized carbons (Fsp3) is 0.125. The lowest BCUT2D eigenvalue weighted by atomic mass is 10.2. The second-order valence-electron chi connectivity index (χ2n) is 5.22. The zero-order valence-corrected chi connectivity index (χ0v) is 14.1. The first-order valence-electron chi connectivity index (χ1n) is 7.35. The monoisotopic (exact) mass is 378 g/mol. The van der Waals surface area contributed by atoms with Crippen LogP contribution >= 0.6 is 0 Å². The topological polar surface area (TPSA) is 134 Å². The SMILES string of the molecule is NC(=O)CNS(=O)(=O)c1ccc(C(=O)Oc2ccc3c(c2)OCO3)cc1. The first-order valence-corrected chi connectivity index (χ1v) is 8.83. The molecule has 1 heterocycles. The summed E-state index contributed by atoms with van der Waals surface area (Å²) >= 11 is 0. The van der Waals surface area contributed by atoms with Gasteiger partial charge in [0.1, 0.15) is 5.75 Å². The quantitative estimate of drug-likeness (QED) is 0.549. The van der Waals surface area contributed by atoms with E-state index in [-0.39, 0.29) is 23.0 Å². The Morgan fingerprint density at radius 1 is 1.08 bits per heavy atom. The fourth-order valence-electron chi connectivity index (χ4n) is 2.13. The van der Waals surface area contributed by atoms with Gasteiger partial charge in [0.25, 0.3) is 0 Å². The van der Waals surface area contributed by atoms with Crippen molar-refractivity contribution in [2.45, 2.75) is 4.90 Å². The molecule has 1 aliphatic heterocycles. The Labute approximate surface area is 148 Å². The number of carbonyl (C=O) groups is 2. The molecule has 9 nitrogen and oxygen atoms in total. The van der Waals surface area contributed by atoms with Crippen LogP contribution in [0.3, 0.4) is 0 Å². The van der Waals surface area contributed by atoms with Crippen LogP contribution in [-0.4, -0.2) is 33.6 Å². The number of nitrogens with two attached hydrogens (primary N) is 1. The van der Waals surface area contributed by atoms with Crippen LogP contribution in [0.25, 0.3) is 0 Å². The van der Waals surface area contributed by atoms with E-state index >= 15 is 0 Å². The van der Waals surface area contributed by atoms with Crippen LogP contribution in [0, 0.1) is 0 Å². The van der Waals surface area contributed by atoms with Crippen LogP contribution in [-0.2, 0) is 14.8 Å². The summed E-state index contributed by atoms with van der Waals surface area (Å²) in [6, 6.07) is 9.73. The lowest BCUT2D eigenvalue weighted by Gasteiger charge is -2.07. The minimum Gasteiger partial charge on any atom is -0.454 e. The van der Waals surface area contributed by atoms with Gasteiger partial charge < -0.3 is 19.9 Å². The van der Waals surface area contributed by atoms with Gasteiger partial charge in [-0.05, 0) is 36.4 Å². The molecule has 0 fully saturated rings. The number of sulfonamides is 1. The van der Waals surface area contributed by atoms with Gasteiger partial charge in [-0.25, -0.2) is 17.9 Å². The van der Waals surface area contributed by atoms with Crippen molar-refractivity contribution in [2.24, 2.45) is 5.73 Å². The number of hydrogen-bond acceptors (Lipinski definition) is 7. The summed E-state index contributed by atoms with van der Waals surface area (Å²) in [7, 11) is -3.90. The van der Waals surface area contributed by atoms with Crippen molar-refractivity contribution in [1.82, 2.24) is 4.72 Å². The highest BCUT2D eigenvalue weighted by Gasteiger charge is 2.18. The summed E-state index contributed by atoms with van der Waals surface area (Å²) in [4.78, 5) is 22.7. The summed E-state index contributed by atoms with van der Waals surface area (Å²) in [6.07, 6.45) is 0. The van der Waals surface area contributed by atoms with E-state index in [4.69, 9.17) is 19.9 Å². The number of rotatable bonds is 6. The highest BCUT2D eigenvalue weighted by molar-refractivity contribution is 7.89. The van der Waals surface area contributed by atoms with Crippen LogP contribution < -0.4 is 24.7 Å². The van der Waals surface area contributed by atoms with Gasteiger partial charge in [-0.1, -0.05) is 0 Å². The van der Waals surface area contributed by atoms with Gasteiger partial charge in [0, 0.05) is 6.07 Å². The molecule has 0 aliphatic carbocycles. The summed E-state index contributed by atoms with van der Waals surface area (Å²) in [5.74, 6) is -0.186. The fourth-order valence-corrected chi connectivity index (χ4v) is 3.12.